The van der Waals surface area contributed by atoms with Gasteiger partial charge in [0.15, 0.2) is 0 Å². The largest absolute Gasteiger partial charge is 0.456 e. The molecule has 7 heteroatoms. The summed E-state index contributed by atoms with van der Waals surface area (Å²) in [5, 5.41) is 0. The number of ether oxygens (including phenoxy) is 2. The molecule has 1 heterocycles. The number of carbonyl (C=O) groups excluding carboxylic acids is 2. The number of nitrogens with zero attached hydrogens (tertiary/aromatic N) is 2. The molecule has 0 atom stereocenters. The van der Waals surface area contributed by atoms with Crippen molar-refractivity contribution >= 4 is 23.4 Å². The Bertz CT molecular complexity index is 1320. The van der Waals surface area contributed by atoms with E-state index in [0.29, 0.717) is 44.0 Å². The molecule has 0 radical (unpaired) electrons. The molecule has 0 saturated carbocycles. The van der Waals surface area contributed by atoms with E-state index in [1.54, 1.807) is 11.0 Å². The molecule has 5 rings (SSSR count). The number of carbonyl (C=O) groups is 2. The van der Waals surface area contributed by atoms with Crippen molar-refractivity contribution in [3.63, 3.8) is 0 Å². The summed E-state index contributed by atoms with van der Waals surface area (Å²) in [4.78, 5) is 29.7. The first-order valence-corrected chi connectivity index (χ1v) is 13.1. The van der Waals surface area contributed by atoms with Crippen LogP contribution < -0.4 is 10.6 Å². The minimum absolute atomic E-state index is 0.0360. The average molecular weight is 514 g/mol. The number of nitrogens with two attached hydrogens (primary N) is 1. The van der Waals surface area contributed by atoms with Gasteiger partial charge in [0.2, 0.25) is 0 Å². The van der Waals surface area contributed by atoms with E-state index < -0.39 is 5.60 Å². The monoisotopic (exact) mass is 513 g/mol. The number of amides is 1. The average Bonchev–Trinajstić information content (AvgIpc) is 3.21. The first-order chi connectivity index (χ1) is 18.1. The lowest BCUT2D eigenvalue weighted by Crippen LogP contribution is -2.49. The van der Waals surface area contributed by atoms with Gasteiger partial charge >= 0.3 is 12.1 Å². The SMILES string of the molecule is Cc1c(C(=O)OC(C)(C)C)cc(N)cc1N1CCN(C(=O)OCC2c3ccccc3-c3ccccc32)CC1. The summed E-state index contributed by atoms with van der Waals surface area (Å²) >= 11 is 0. The molecule has 0 aromatic heterocycles. The molecule has 0 unspecified atom stereocenters. The number of esters is 1. The fraction of sp³-hybridized carbons (Fsp3) is 0.355. The Labute approximate surface area is 224 Å². The maximum Gasteiger partial charge on any atom is 0.409 e. The number of nitrogen functional groups attached to an aromatic ring is 1. The summed E-state index contributed by atoms with van der Waals surface area (Å²) in [7, 11) is 0. The Morgan fingerprint density at radius 2 is 1.50 bits per heavy atom. The summed E-state index contributed by atoms with van der Waals surface area (Å²) in [6.45, 7) is 10.0. The molecule has 3 aromatic carbocycles. The summed E-state index contributed by atoms with van der Waals surface area (Å²) in [5.41, 5.74) is 13.1. The van der Waals surface area contributed by atoms with Crippen LogP contribution in [0.25, 0.3) is 11.1 Å². The lowest BCUT2D eigenvalue weighted by atomic mass is 9.98. The molecule has 2 N–H and O–H groups in total. The molecule has 0 bridgehead atoms. The quantitative estimate of drug-likeness (QED) is 0.361. The summed E-state index contributed by atoms with van der Waals surface area (Å²) < 4.78 is 11.4. The molecule has 0 spiro atoms. The smallest absolute Gasteiger partial charge is 0.409 e. The Morgan fingerprint density at radius 1 is 0.921 bits per heavy atom. The Balaban J connectivity index is 1.23. The molecule has 1 aliphatic carbocycles. The Kier molecular flexibility index (Phi) is 6.78. The molecule has 1 saturated heterocycles. The standard InChI is InChI=1S/C31H35N3O4/c1-20-26(29(35)38-31(2,3)4)17-21(32)18-28(20)33-13-15-34(16-14-33)30(36)37-19-27-24-11-7-5-9-22(24)23-10-6-8-12-25(23)27/h5-12,17-18,27H,13-16,19,32H2,1-4H3. The third-order valence-corrected chi connectivity index (χ3v) is 7.24. The lowest BCUT2D eigenvalue weighted by molar-refractivity contribution is 0.00687. The number of rotatable bonds is 4. The second-order valence-electron chi connectivity index (χ2n) is 11.0. The van der Waals surface area contributed by atoms with Crippen molar-refractivity contribution in [3.8, 4) is 11.1 Å². The van der Waals surface area contributed by atoms with Crippen LogP contribution in [0.5, 0.6) is 0 Å². The highest BCUT2D eigenvalue weighted by atomic mass is 16.6. The molecule has 38 heavy (non-hydrogen) atoms. The van der Waals surface area contributed by atoms with Crippen LogP contribution in [0.1, 0.15) is 53.7 Å². The fourth-order valence-electron chi connectivity index (χ4n) is 5.41. The zero-order chi connectivity index (χ0) is 27.0. The van der Waals surface area contributed by atoms with Gasteiger partial charge in [-0.25, -0.2) is 9.59 Å². The molecule has 3 aromatic rings. The molecule has 1 fully saturated rings. The number of anilines is 2. The molecular weight excluding hydrogens is 478 g/mol. The van der Waals surface area contributed by atoms with Gasteiger partial charge < -0.3 is 25.0 Å². The van der Waals surface area contributed by atoms with Gasteiger partial charge in [-0.15, -0.1) is 0 Å². The number of piperazine rings is 1. The third-order valence-electron chi connectivity index (χ3n) is 7.24. The second kappa shape index (κ2) is 10.0. The van der Waals surface area contributed by atoms with E-state index in [0.717, 1.165) is 11.3 Å². The van der Waals surface area contributed by atoms with Gasteiger partial charge in [-0.05, 0) is 67.6 Å². The molecular formula is C31H35N3O4. The molecule has 1 aliphatic heterocycles. The zero-order valence-electron chi connectivity index (χ0n) is 22.5. The van der Waals surface area contributed by atoms with E-state index in [4.69, 9.17) is 15.2 Å². The number of hydrogen-bond donors (Lipinski definition) is 1. The maximum atomic E-state index is 13.0. The van der Waals surface area contributed by atoms with Crippen LogP contribution in [0.2, 0.25) is 0 Å². The predicted molar refractivity (Wildman–Crippen MR) is 150 cm³/mol. The maximum absolute atomic E-state index is 13.0. The van der Waals surface area contributed by atoms with Crippen LogP contribution in [-0.4, -0.2) is 55.3 Å². The Hall–Kier alpha value is -4.00. The van der Waals surface area contributed by atoms with Crippen molar-refractivity contribution in [2.24, 2.45) is 0 Å². The van der Waals surface area contributed by atoms with Crippen LogP contribution in [0.4, 0.5) is 16.2 Å². The van der Waals surface area contributed by atoms with Crippen LogP contribution in [-0.2, 0) is 9.47 Å². The van der Waals surface area contributed by atoms with Gasteiger partial charge in [0.05, 0.1) is 5.56 Å². The summed E-state index contributed by atoms with van der Waals surface area (Å²) in [6.07, 6.45) is -0.301. The Morgan fingerprint density at radius 3 is 2.08 bits per heavy atom. The minimum Gasteiger partial charge on any atom is -0.456 e. The van der Waals surface area contributed by atoms with Gasteiger partial charge in [0, 0.05) is 43.5 Å². The van der Waals surface area contributed by atoms with Crippen LogP contribution in [0.15, 0.2) is 60.7 Å². The first-order valence-electron chi connectivity index (χ1n) is 13.1. The summed E-state index contributed by atoms with van der Waals surface area (Å²) in [5.74, 6) is -0.352. The topological polar surface area (TPSA) is 85.1 Å². The van der Waals surface area contributed by atoms with Crippen molar-refractivity contribution in [1.29, 1.82) is 0 Å². The predicted octanol–water partition coefficient (Wildman–Crippen LogP) is 5.60. The van der Waals surface area contributed by atoms with E-state index in [1.807, 2.05) is 58.0 Å². The minimum atomic E-state index is -0.594. The van der Waals surface area contributed by atoms with Crippen LogP contribution >= 0.6 is 0 Å². The third kappa shape index (κ3) is 5.05. The van der Waals surface area contributed by atoms with Gasteiger partial charge in [0.25, 0.3) is 0 Å². The van der Waals surface area contributed by atoms with Gasteiger partial charge in [-0.1, -0.05) is 48.5 Å². The number of hydrogen-bond acceptors (Lipinski definition) is 6. The van der Waals surface area contributed by atoms with Crippen molar-refractivity contribution < 1.29 is 19.1 Å². The van der Waals surface area contributed by atoms with Crippen molar-refractivity contribution in [2.75, 3.05) is 43.4 Å². The van der Waals surface area contributed by atoms with E-state index in [9.17, 15) is 9.59 Å². The van der Waals surface area contributed by atoms with E-state index in [2.05, 4.69) is 29.2 Å². The molecule has 198 valence electrons. The highest BCUT2D eigenvalue weighted by Gasteiger charge is 2.31. The fourth-order valence-corrected chi connectivity index (χ4v) is 5.41. The second-order valence-corrected chi connectivity index (χ2v) is 11.0. The molecule has 1 amide bonds. The number of benzene rings is 3. The lowest BCUT2D eigenvalue weighted by Gasteiger charge is -2.36. The highest BCUT2D eigenvalue weighted by molar-refractivity contribution is 5.94. The van der Waals surface area contributed by atoms with E-state index in [-0.39, 0.29) is 18.0 Å². The first kappa shape index (κ1) is 25.6. The van der Waals surface area contributed by atoms with Crippen LogP contribution in [0.3, 0.4) is 0 Å². The van der Waals surface area contributed by atoms with E-state index >= 15 is 0 Å². The van der Waals surface area contributed by atoms with Crippen molar-refractivity contribution in [1.82, 2.24) is 4.90 Å². The number of fused-ring (bicyclic) bond motifs is 3. The zero-order valence-corrected chi connectivity index (χ0v) is 22.5. The van der Waals surface area contributed by atoms with Gasteiger partial charge in [0.1, 0.15) is 12.2 Å². The van der Waals surface area contributed by atoms with Crippen molar-refractivity contribution in [3.05, 3.63) is 82.9 Å². The summed E-state index contributed by atoms with van der Waals surface area (Å²) in [6, 6.07) is 20.2. The van der Waals surface area contributed by atoms with Crippen LogP contribution in [0, 0.1) is 6.92 Å². The van der Waals surface area contributed by atoms with Gasteiger partial charge in [-0.3, -0.25) is 0 Å². The normalized spacial score (nSPS) is 15.2. The van der Waals surface area contributed by atoms with E-state index in [1.165, 1.54) is 22.3 Å². The molecule has 7 nitrogen and oxygen atoms in total. The van der Waals surface area contributed by atoms with Crippen molar-refractivity contribution in [2.45, 2.75) is 39.2 Å². The highest BCUT2D eigenvalue weighted by Crippen LogP contribution is 2.44. The molecule has 2 aliphatic rings. The van der Waals surface area contributed by atoms with Gasteiger partial charge in [-0.2, -0.15) is 0 Å².